The molecule has 1 aromatic rings. The number of hydrogen-bond donors (Lipinski definition) is 1. The molecule has 0 bridgehead atoms. The lowest BCUT2D eigenvalue weighted by Gasteiger charge is -1.90. The van der Waals surface area contributed by atoms with Gasteiger partial charge >= 0.3 is 0 Å². The quantitative estimate of drug-likeness (QED) is 0.624. The predicted octanol–water partition coefficient (Wildman–Crippen LogP) is 2.12. The van der Waals surface area contributed by atoms with Crippen LogP contribution in [0.3, 0.4) is 0 Å². The van der Waals surface area contributed by atoms with E-state index >= 15 is 0 Å². The largest absolute Gasteiger partial charge is 0.400 e. The van der Waals surface area contributed by atoms with Crippen LogP contribution in [-0.2, 0) is 4.79 Å². The molecular formula is C11H18O2. The summed E-state index contributed by atoms with van der Waals surface area (Å²) in [6.07, 6.45) is 0.750. The maximum absolute atomic E-state index is 8.81. The second-order valence-corrected chi connectivity index (χ2v) is 2.39. The van der Waals surface area contributed by atoms with Crippen molar-refractivity contribution in [3.8, 4) is 0 Å². The van der Waals surface area contributed by atoms with Crippen molar-refractivity contribution < 1.29 is 9.90 Å². The maximum atomic E-state index is 8.81. The van der Waals surface area contributed by atoms with Crippen molar-refractivity contribution in [2.24, 2.45) is 0 Å². The van der Waals surface area contributed by atoms with Crippen molar-refractivity contribution >= 4 is 6.29 Å². The summed E-state index contributed by atoms with van der Waals surface area (Å²) in [5.41, 5.74) is 2.68. The number of carbonyl (C=O) groups excluding carboxylic acids is 1. The van der Waals surface area contributed by atoms with Crippen molar-refractivity contribution in [1.82, 2.24) is 0 Å². The second-order valence-electron chi connectivity index (χ2n) is 2.39. The van der Waals surface area contributed by atoms with Gasteiger partial charge in [0.15, 0.2) is 0 Å². The van der Waals surface area contributed by atoms with E-state index in [1.54, 1.807) is 0 Å². The van der Waals surface area contributed by atoms with E-state index in [9.17, 15) is 0 Å². The molecule has 2 nitrogen and oxygen atoms in total. The SMILES string of the molecule is CC=O.CO.Cc1cccc(C)c1. The Morgan fingerprint density at radius 2 is 1.46 bits per heavy atom. The molecule has 0 aromatic heterocycles. The lowest BCUT2D eigenvalue weighted by atomic mass is 10.2. The summed E-state index contributed by atoms with van der Waals surface area (Å²) in [7, 11) is 1.00. The van der Waals surface area contributed by atoms with E-state index in [0.29, 0.717) is 0 Å². The molecule has 0 saturated carbocycles. The number of hydrogen-bond acceptors (Lipinski definition) is 2. The van der Waals surface area contributed by atoms with Crippen LogP contribution < -0.4 is 0 Å². The van der Waals surface area contributed by atoms with Crippen LogP contribution in [0.4, 0.5) is 0 Å². The van der Waals surface area contributed by atoms with E-state index in [0.717, 1.165) is 13.4 Å². The molecule has 1 rings (SSSR count). The van der Waals surface area contributed by atoms with Crippen LogP contribution in [0, 0.1) is 13.8 Å². The summed E-state index contributed by atoms with van der Waals surface area (Å²) >= 11 is 0. The molecule has 0 amide bonds. The average Bonchev–Trinajstić information content (AvgIpc) is 2.08. The highest BCUT2D eigenvalue weighted by Crippen LogP contribution is 2.00. The van der Waals surface area contributed by atoms with Gasteiger partial charge in [0.1, 0.15) is 6.29 Å². The number of aryl methyl sites for hydroxylation is 2. The zero-order chi connectivity index (χ0) is 10.7. The highest BCUT2D eigenvalue weighted by Gasteiger charge is 1.80. The number of carbonyl (C=O) groups is 1. The number of aliphatic hydroxyl groups excluding tert-OH is 1. The Morgan fingerprint density at radius 3 is 1.62 bits per heavy atom. The fourth-order valence-electron chi connectivity index (χ4n) is 0.807. The summed E-state index contributed by atoms with van der Waals surface area (Å²) in [4.78, 5) is 8.81. The molecule has 1 aromatic carbocycles. The standard InChI is InChI=1S/C8H10.C2H4O.CH4O/c1-7-4-3-5-8(2)6-7;1-2-3;1-2/h3-6H,1-2H3;2H,1H3;2H,1H3. The highest BCUT2D eigenvalue weighted by molar-refractivity contribution is 5.44. The first-order valence-corrected chi connectivity index (χ1v) is 4.08. The van der Waals surface area contributed by atoms with E-state index < -0.39 is 0 Å². The van der Waals surface area contributed by atoms with Crippen LogP contribution in [0.5, 0.6) is 0 Å². The minimum atomic E-state index is 0.750. The van der Waals surface area contributed by atoms with Crippen LogP contribution in [0.1, 0.15) is 18.1 Å². The Bertz CT molecular complexity index is 202. The molecule has 0 saturated heterocycles. The smallest absolute Gasteiger partial charge is 0.116 e. The molecule has 13 heavy (non-hydrogen) atoms. The van der Waals surface area contributed by atoms with Crippen LogP contribution in [0.15, 0.2) is 24.3 Å². The zero-order valence-electron chi connectivity index (χ0n) is 8.74. The predicted molar refractivity (Wildman–Crippen MR) is 55.8 cm³/mol. The Hall–Kier alpha value is -1.15. The van der Waals surface area contributed by atoms with Gasteiger partial charge in [-0.1, -0.05) is 35.4 Å². The van der Waals surface area contributed by atoms with E-state index in [4.69, 9.17) is 9.90 Å². The molecule has 0 fully saturated rings. The lowest BCUT2D eigenvalue weighted by Crippen LogP contribution is -1.71. The van der Waals surface area contributed by atoms with Crippen LogP contribution in [0.25, 0.3) is 0 Å². The molecule has 2 heteroatoms. The summed E-state index contributed by atoms with van der Waals surface area (Å²) in [5, 5.41) is 7.00. The minimum Gasteiger partial charge on any atom is -0.400 e. The van der Waals surface area contributed by atoms with Crippen LogP contribution in [-0.4, -0.2) is 18.5 Å². The van der Waals surface area contributed by atoms with Gasteiger partial charge in [-0.2, -0.15) is 0 Å². The number of benzene rings is 1. The van der Waals surface area contributed by atoms with Gasteiger partial charge in [0.25, 0.3) is 0 Å². The zero-order valence-corrected chi connectivity index (χ0v) is 8.74. The molecule has 0 aliphatic carbocycles. The van der Waals surface area contributed by atoms with Gasteiger partial charge in [-0.25, -0.2) is 0 Å². The third-order valence-corrected chi connectivity index (χ3v) is 1.17. The molecule has 0 spiro atoms. The molecule has 74 valence electrons. The summed E-state index contributed by atoms with van der Waals surface area (Å²) in [5.74, 6) is 0. The molecule has 0 unspecified atom stereocenters. The van der Waals surface area contributed by atoms with E-state index in [1.165, 1.54) is 18.1 Å². The third-order valence-electron chi connectivity index (χ3n) is 1.17. The first-order valence-electron chi connectivity index (χ1n) is 4.08. The number of aldehydes is 1. The van der Waals surface area contributed by atoms with Crippen LogP contribution >= 0.6 is 0 Å². The minimum absolute atomic E-state index is 0.750. The van der Waals surface area contributed by atoms with Gasteiger partial charge in [0.05, 0.1) is 0 Å². The number of rotatable bonds is 0. The normalized spacial score (nSPS) is 7.15. The van der Waals surface area contributed by atoms with Gasteiger partial charge in [-0.05, 0) is 20.8 Å². The monoisotopic (exact) mass is 182 g/mol. The van der Waals surface area contributed by atoms with Crippen molar-refractivity contribution in [3.63, 3.8) is 0 Å². The fourth-order valence-corrected chi connectivity index (χ4v) is 0.807. The highest BCUT2D eigenvalue weighted by atomic mass is 16.2. The van der Waals surface area contributed by atoms with Gasteiger partial charge < -0.3 is 9.90 Å². The Kier molecular flexibility index (Phi) is 12.0. The van der Waals surface area contributed by atoms with Crippen molar-refractivity contribution in [3.05, 3.63) is 35.4 Å². The van der Waals surface area contributed by atoms with E-state index in [-0.39, 0.29) is 0 Å². The second kappa shape index (κ2) is 10.8. The topological polar surface area (TPSA) is 37.3 Å². The summed E-state index contributed by atoms with van der Waals surface area (Å²) < 4.78 is 0. The van der Waals surface area contributed by atoms with E-state index in [1.807, 2.05) is 0 Å². The van der Waals surface area contributed by atoms with E-state index in [2.05, 4.69) is 38.1 Å². The summed E-state index contributed by atoms with van der Waals surface area (Å²) in [6.45, 7) is 5.65. The van der Waals surface area contributed by atoms with Crippen molar-refractivity contribution in [2.45, 2.75) is 20.8 Å². The van der Waals surface area contributed by atoms with Crippen molar-refractivity contribution in [2.75, 3.05) is 7.11 Å². The molecular weight excluding hydrogens is 164 g/mol. The van der Waals surface area contributed by atoms with Gasteiger partial charge in [0, 0.05) is 7.11 Å². The summed E-state index contributed by atoms with van der Waals surface area (Å²) in [6, 6.07) is 8.45. The van der Waals surface area contributed by atoms with Crippen LogP contribution in [0.2, 0.25) is 0 Å². The van der Waals surface area contributed by atoms with Gasteiger partial charge in [-0.3, -0.25) is 0 Å². The molecule has 0 aliphatic heterocycles. The molecule has 0 aliphatic rings. The molecule has 1 N–H and O–H groups in total. The third kappa shape index (κ3) is 10.8. The van der Waals surface area contributed by atoms with Gasteiger partial charge in [-0.15, -0.1) is 0 Å². The van der Waals surface area contributed by atoms with Crippen molar-refractivity contribution in [1.29, 1.82) is 0 Å². The molecule has 0 radical (unpaired) electrons. The molecule has 0 heterocycles. The fraction of sp³-hybridized carbons (Fsp3) is 0.364. The van der Waals surface area contributed by atoms with Gasteiger partial charge in [0.2, 0.25) is 0 Å². The Morgan fingerprint density at radius 1 is 1.15 bits per heavy atom. The lowest BCUT2D eigenvalue weighted by molar-refractivity contribution is -0.106. The first kappa shape index (κ1) is 14.4. The Labute approximate surface area is 80.2 Å². The number of aliphatic hydroxyl groups is 1. The Balaban J connectivity index is 0. The first-order chi connectivity index (χ1) is 6.20. The maximum Gasteiger partial charge on any atom is 0.116 e. The average molecular weight is 182 g/mol. The molecule has 0 atom stereocenters.